The number of thiophene rings is 1. The van der Waals surface area contributed by atoms with Gasteiger partial charge in [-0.3, -0.25) is 9.59 Å². The van der Waals surface area contributed by atoms with Gasteiger partial charge in [0.05, 0.1) is 10.0 Å². The summed E-state index contributed by atoms with van der Waals surface area (Å²) in [5.74, 6) is -1.88. The van der Waals surface area contributed by atoms with Gasteiger partial charge in [-0.1, -0.05) is 11.6 Å². The van der Waals surface area contributed by atoms with Crippen LogP contribution < -0.4 is 5.32 Å². The van der Waals surface area contributed by atoms with Gasteiger partial charge in [0, 0.05) is 6.75 Å². The maximum atomic E-state index is 11.7. The van der Waals surface area contributed by atoms with E-state index in [4.69, 9.17) is 18.1 Å². The second-order valence-corrected chi connectivity index (χ2v) is 4.62. The highest BCUT2D eigenvalue weighted by molar-refractivity contribution is 7.14. The van der Waals surface area contributed by atoms with Crippen LogP contribution in [-0.2, 0) is 9.59 Å². The molecular formula is C9H8ClNO3S. The second-order valence-electron chi connectivity index (χ2n) is 3.27. The van der Waals surface area contributed by atoms with Crippen LogP contribution in [0.4, 0.5) is 5.00 Å². The summed E-state index contributed by atoms with van der Waals surface area (Å²) in [5.41, 5.74) is -1.57. The van der Waals surface area contributed by atoms with E-state index < -0.39 is 23.7 Å². The van der Waals surface area contributed by atoms with Crippen LogP contribution in [0.1, 0.15) is 14.2 Å². The predicted octanol–water partition coefficient (Wildman–Crippen LogP) is 2.20. The smallest absolute Gasteiger partial charge is 0.319 e. The molecule has 0 aliphatic heterocycles. The Labute approximate surface area is 96.3 Å². The molecule has 0 spiro atoms. The van der Waals surface area contributed by atoms with Crippen LogP contribution in [0.5, 0.6) is 0 Å². The number of anilines is 1. The molecule has 1 aromatic heterocycles. The largest absolute Gasteiger partial charge is 0.480 e. The summed E-state index contributed by atoms with van der Waals surface area (Å²) in [4.78, 5) is 22.6. The number of rotatable bonds is 3. The van der Waals surface area contributed by atoms with Crippen LogP contribution in [-0.4, -0.2) is 17.0 Å². The molecule has 1 amide bonds. The quantitative estimate of drug-likeness (QED) is 0.804. The molecule has 0 saturated heterocycles. The third-order valence-corrected chi connectivity index (χ3v) is 3.40. The number of hydrogen-bond donors (Lipinski definition) is 2. The van der Waals surface area contributed by atoms with Crippen molar-refractivity contribution >= 4 is 39.8 Å². The van der Waals surface area contributed by atoms with Crippen molar-refractivity contribution in [3.05, 3.63) is 16.5 Å². The van der Waals surface area contributed by atoms with E-state index in [0.717, 1.165) is 0 Å². The summed E-state index contributed by atoms with van der Waals surface area (Å²) < 4.78 is 7.37. The fourth-order valence-electron chi connectivity index (χ4n) is 1.16. The van der Waals surface area contributed by atoms with Crippen molar-refractivity contribution in [2.45, 2.75) is 12.8 Å². The number of carbonyl (C=O) groups excluding carboxylic acids is 1. The molecule has 0 radical (unpaired) electrons. The van der Waals surface area contributed by atoms with Crippen molar-refractivity contribution in [1.29, 1.82) is 0 Å². The number of nitrogens with one attached hydrogen (secondary N) is 1. The molecule has 2 rings (SSSR count). The molecule has 2 atom stereocenters. The van der Waals surface area contributed by atoms with E-state index in [1.54, 1.807) is 11.4 Å². The predicted molar refractivity (Wildman–Crippen MR) is 57.3 cm³/mol. The van der Waals surface area contributed by atoms with E-state index in [0.29, 0.717) is 10.0 Å². The van der Waals surface area contributed by atoms with Gasteiger partial charge in [-0.15, -0.1) is 11.3 Å². The van der Waals surface area contributed by atoms with E-state index >= 15 is 0 Å². The Morgan fingerprint density at radius 1 is 1.73 bits per heavy atom. The molecule has 0 bridgehead atoms. The summed E-state index contributed by atoms with van der Waals surface area (Å²) in [6.07, 6.45) is -0.798. The van der Waals surface area contributed by atoms with E-state index in [1.165, 1.54) is 11.3 Å². The van der Waals surface area contributed by atoms with Crippen LogP contribution in [0, 0.1) is 5.41 Å². The Kier molecular flexibility index (Phi) is 2.14. The molecule has 2 unspecified atom stereocenters. The van der Waals surface area contributed by atoms with Crippen LogP contribution in [0.2, 0.25) is 5.02 Å². The van der Waals surface area contributed by atoms with Gasteiger partial charge < -0.3 is 10.4 Å². The van der Waals surface area contributed by atoms with Crippen LogP contribution in [0.3, 0.4) is 0 Å². The highest BCUT2D eigenvalue weighted by Gasteiger charge is 2.57. The van der Waals surface area contributed by atoms with Gasteiger partial charge in [0.15, 0.2) is 0 Å². The van der Waals surface area contributed by atoms with Crippen molar-refractivity contribution in [3.8, 4) is 0 Å². The number of amides is 1. The van der Waals surface area contributed by atoms with E-state index in [2.05, 4.69) is 5.32 Å². The normalized spacial score (nSPS) is 29.4. The average Bonchev–Trinajstić information content (AvgIpc) is 2.73. The monoisotopic (exact) mass is 246 g/mol. The Morgan fingerprint density at radius 3 is 2.80 bits per heavy atom. The first kappa shape index (κ1) is 9.18. The van der Waals surface area contributed by atoms with Gasteiger partial charge in [-0.25, -0.2) is 0 Å². The summed E-state index contributed by atoms with van der Waals surface area (Å²) in [7, 11) is 0. The maximum Gasteiger partial charge on any atom is 0.319 e. The molecule has 1 saturated carbocycles. The highest BCUT2D eigenvalue weighted by Crippen LogP contribution is 2.47. The molecule has 1 aliphatic rings. The SMILES string of the molecule is [2H]C1CC1(C(=O)O)C(=O)Nc1cc(Cl)cs1. The molecule has 0 aromatic carbocycles. The standard InChI is InChI=1S/C9H8ClNO3S/c10-5-3-6(15-4-5)11-7(12)9(1-2-9)8(13)14/h3-4H,1-2H2,(H,11,12)(H,13,14)/i1D. The third kappa shape index (κ3) is 1.85. The Balaban J connectivity index is 2.12. The van der Waals surface area contributed by atoms with Crippen molar-refractivity contribution < 1.29 is 16.1 Å². The molecule has 1 fully saturated rings. The Morgan fingerprint density at radius 2 is 2.40 bits per heavy atom. The molecule has 1 aromatic rings. The maximum absolute atomic E-state index is 11.7. The lowest BCUT2D eigenvalue weighted by molar-refractivity contribution is -0.147. The molecule has 15 heavy (non-hydrogen) atoms. The molecular weight excluding hydrogens is 238 g/mol. The lowest BCUT2D eigenvalue weighted by Gasteiger charge is -2.08. The van der Waals surface area contributed by atoms with Gasteiger partial charge in [-0.2, -0.15) is 0 Å². The first-order chi connectivity index (χ1) is 7.46. The number of halogens is 1. The highest BCUT2D eigenvalue weighted by atomic mass is 35.5. The Bertz CT molecular complexity index is 463. The number of hydrogen-bond acceptors (Lipinski definition) is 3. The minimum atomic E-state index is -1.57. The van der Waals surface area contributed by atoms with Crippen LogP contribution >= 0.6 is 22.9 Å². The molecule has 6 heteroatoms. The van der Waals surface area contributed by atoms with Crippen molar-refractivity contribution in [2.75, 3.05) is 5.32 Å². The number of carbonyl (C=O) groups is 2. The molecule has 4 nitrogen and oxygen atoms in total. The zero-order valence-electron chi connectivity index (χ0n) is 8.49. The fourth-order valence-corrected chi connectivity index (χ4v) is 2.12. The van der Waals surface area contributed by atoms with Crippen LogP contribution in [0.25, 0.3) is 0 Å². The summed E-state index contributed by atoms with van der Waals surface area (Å²) in [6.45, 7) is 0. The zero-order chi connectivity index (χ0) is 11.9. The Hall–Kier alpha value is -1.07. The zero-order valence-corrected chi connectivity index (χ0v) is 9.06. The lowest BCUT2D eigenvalue weighted by atomic mass is 10.1. The van der Waals surface area contributed by atoms with Gasteiger partial charge in [-0.05, 0) is 18.9 Å². The lowest BCUT2D eigenvalue weighted by Crippen LogP contribution is -2.30. The summed E-state index contributed by atoms with van der Waals surface area (Å²) >= 11 is 6.89. The molecule has 80 valence electrons. The molecule has 1 heterocycles. The van der Waals surface area contributed by atoms with Crippen LogP contribution in [0.15, 0.2) is 11.4 Å². The van der Waals surface area contributed by atoms with E-state index in [-0.39, 0.29) is 6.42 Å². The van der Waals surface area contributed by atoms with Gasteiger partial charge in [0.25, 0.3) is 0 Å². The number of carboxylic acid groups (broad SMARTS) is 1. The van der Waals surface area contributed by atoms with Crippen molar-refractivity contribution in [1.82, 2.24) is 0 Å². The number of aliphatic carboxylic acids is 1. The second kappa shape index (κ2) is 3.50. The topological polar surface area (TPSA) is 66.4 Å². The first-order valence-electron chi connectivity index (χ1n) is 4.75. The van der Waals surface area contributed by atoms with E-state index in [1.807, 2.05) is 0 Å². The van der Waals surface area contributed by atoms with E-state index in [9.17, 15) is 9.59 Å². The first-order valence-corrected chi connectivity index (χ1v) is 5.43. The third-order valence-electron chi connectivity index (χ3n) is 2.20. The average molecular weight is 247 g/mol. The molecule has 2 N–H and O–H groups in total. The molecule has 1 aliphatic carbocycles. The van der Waals surface area contributed by atoms with Crippen molar-refractivity contribution in [2.24, 2.45) is 5.41 Å². The van der Waals surface area contributed by atoms with Gasteiger partial charge in [0.1, 0.15) is 5.41 Å². The summed E-state index contributed by atoms with van der Waals surface area (Å²) in [6, 6.07) is 1.54. The van der Waals surface area contributed by atoms with Gasteiger partial charge >= 0.3 is 5.97 Å². The number of carboxylic acids is 1. The fraction of sp³-hybridized carbons (Fsp3) is 0.333. The minimum absolute atomic E-state index is 0.0628. The minimum Gasteiger partial charge on any atom is -0.480 e. The van der Waals surface area contributed by atoms with Crippen molar-refractivity contribution in [3.63, 3.8) is 0 Å². The summed E-state index contributed by atoms with van der Waals surface area (Å²) in [5, 5.41) is 14.0. The van der Waals surface area contributed by atoms with Gasteiger partial charge in [0.2, 0.25) is 5.91 Å².